The molecule has 3 aromatic rings. The van der Waals surface area contributed by atoms with Crippen LogP contribution in [0.1, 0.15) is 24.3 Å². The maximum Gasteiger partial charge on any atom is 0.433 e. The highest BCUT2D eigenvalue weighted by Gasteiger charge is 2.38. The molecular weight excluding hydrogens is 366 g/mol. The highest BCUT2D eigenvalue weighted by Crippen LogP contribution is 2.40. The van der Waals surface area contributed by atoms with Crippen molar-refractivity contribution in [3.63, 3.8) is 0 Å². The number of rotatable bonds is 5. The van der Waals surface area contributed by atoms with E-state index in [2.05, 4.69) is 15.4 Å². The quantitative estimate of drug-likeness (QED) is 0.406. The molecule has 0 bridgehead atoms. The van der Waals surface area contributed by atoms with Crippen molar-refractivity contribution in [3.8, 4) is 0 Å². The Hall–Kier alpha value is -3.95. The van der Waals surface area contributed by atoms with Gasteiger partial charge < -0.3 is 14.5 Å². The minimum atomic E-state index is -0.873. The highest BCUT2D eigenvalue weighted by atomic mass is 16.6. The Balaban J connectivity index is 1.94. The molecule has 1 atom stereocenters. The highest BCUT2D eigenvalue weighted by molar-refractivity contribution is 6.02. The van der Waals surface area contributed by atoms with Crippen LogP contribution in [0.5, 0.6) is 0 Å². The number of anilines is 1. The SMILES string of the molecule is CCOC(=O)C1=C(c2ccccc2)Nc2ncnn2[C@H]1c1ccc([N+](=O)[O-])o1. The molecule has 4 rings (SSSR count). The molecule has 1 aromatic carbocycles. The first-order valence-electron chi connectivity index (χ1n) is 8.47. The molecule has 0 unspecified atom stereocenters. The van der Waals surface area contributed by atoms with E-state index in [9.17, 15) is 14.9 Å². The predicted molar refractivity (Wildman–Crippen MR) is 97.1 cm³/mol. The zero-order chi connectivity index (χ0) is 19.7. The fourth-order valence-corrected chi connectivity index (χ4v) is 3.07. The molecule has 142 valence electrons. The lowest BCUT2D eigenvalue weighted by molar-refractivity contribution is -0.402. The van der Waals surface area contributed by atoms with Gasteiger partial charge in [0.05, 0.1) is 23.9 Å². The number of hydrogen-bond donors (Lipinski definition) is 1. The van der Waals surface area contributed by atoms with Crippen LogP contribution >= 0.6 is 0 Å². The third kappa shape index (κ3) is 2.90. The number of carbonyl (C=O) groups excluding carboxylic acids is 1. The van der Waals surface area contributed by atoms with E-state index in [-0.39, 0.29) is 17.9 Å². The minimum absolute atomic E-state index is 0.166. The molecule has 1 aliphatic rings. The van der Waals surface area contributed by atoms with Gasteiger partial charge in [-0.15, -0.1) is 0 Å². The number of carbonyl (C=O) groups is 1. The van der Waals surface area contributed by atoms with Gasteiger partial charge in [-0.25, -0.2) is 9.48 Å². The molecule has 0 saturated carbocycles. The van der Waals surface area contributed by atoms with Crippen molar-refractivity contribution in [2.75, 3.05) is 11.9 Å². The van der Waals surface area contributed by atoms with Gasteiger partial charge in [-0.1, -0.05) is 30.3 Å². The van der Waals surface area contributed by atoms with E-state index in [0.717, 1.165) is 5.56 Å². The Morgan fingerprint density at radius 2 is 2.11 bits per heavy atom. The van der Waals surface area contributed by atoms with Crippen LogP contribution in [0, 0.1) is 10.1 Å². The monoisotopic (exact) mass is 381 g/mol. The number of nitrogens with zero attached hydrogens (tertiary/aromatic N) is 4. The van der Waals surface area contributed by atoms with Crippen LogP contribution in [-0.2, 0) is 9.53 Å². The van der Waals surface area contributed by atoms with Gasteiger partial charge in [0.1, 0.15) is 23.1 Å². The van der Waals surface area contributed by atoms with Crippen LogP contribution in [0.15, 0.2) is 58.8 Å². The van der Waals surface area contributed by atoms with Crippen LogP contribution in [0.25, 0.3) is 5.70 Å². The minimum Gasteiger partial charge on any atom is -0.463 e. The Morgan fingerprint density at radius 1 is 1.32 bits per heavy atom. The second-order valence-electron chi connectivity index (χ2n) is 5.86. The summed E-state index contributed by atoms with van der Waals surface area (Å²) in [6.07, 6.45) is 1.32. The molecule has 0 saturated heterocycles. The van der Waals surface area contributed by atoms with Crippen molar-refractivity contribution in [1.82, 2.24) is 14.8 Å². The topological polar surface area (TPSA) is 125 Å². The fourth-order valence-electron chi connectivity index (χ4n) is 3.07. The van der Waals surface area contributed by atoms with E-state index in [1.54, 1.807) is 6.92 Å². The molecular formula is C18H15N5O5. The maximum atomic E-state index is 12.9. The molecule has 10 nitrogen and oxygen atoms in total. The third-order valence-electron chi connectivity index (χ3n) is 4.22. The van der Waals surface area contributed by atoms with Crippen molar-refractivity contribution in [3.05, 3.63) is 75.8 Å². The molecule has 10 heteroatoms. The number of nitro groups is 1. The zero-order valence-electron chi connectivity index (χ0n) is 14.7. The normalized spacial score (nSPS) is 15.7. The zero-order valence-corrected chi connectivity index (χ0v) is 14.7. The maximum absolute atomic E-state index is 12.9. The summed E-state index contributed by atoms with van der Waals surface area (Å²) in [5.41, 5.74) is 1.42. The lowest BCUT2D eigenvalue weighted by Gasteiger charge is -2.27. The van der Waals surface area contributed by atoms with Crippen LogP contribution < -0.4 is 5.32 Å². The van der Waals surface area contributed by atoms with Gasteiger partial charge in [-0.05, 0) is 18.6 Å². The first-order valence-corrected chi connectivity index (χ1v) is 8.47. The summed E-state index contributed by atoms with van der Waals surface area (Å²) in [7, 11) is 0. The molecule has 3 heterocycles. The number of benzene rings is 1. The second kappa shape index (κ2) is 6.99. The summed E-state index contributed by atoms with van der Waals surface area (Å²) < 4.78 is 12.1. The Kier molecular flexibility index (Phi) is 4.36. The van der Waals surface area contributed by atoms with Gasteiger partial charge in [0.2, 0.25) is 5.95 Å². The van der Waals surface area contributed by atoms with Crippen molar-refractivity contribution < 1.29 is 18.9 Å². The molecule has 0 amide bonds. The lowest BCUT2D eigenvalue weighted by atomic mass is 9.96. The molecule has 0 spiro atoms. The number of nitrogens with one attached hydrogen (secondary N) is 1. The van der Waals surface area contributed by atoms with E-state index in [1.165, 1.54) is 23.1 Å². The smallest absolute Gasteiger partial charge is 0.433 e. The Morgan fingerprint density at radius 3 is 2.79 bits per heavy atom. The first kappa shape index (κ1) is 17.5. The number of fused-ring (bicyclic) bond motifs is 1. The van der Waals surface area contributed by atoms with E-state index < -0.39 is 22.8 Å². The molecule has 1 N–H and O–H groups in total. The number of aromatic nitrogens is 3. The molecule has 0 radical (unpaired) electrons. The number of furan rings is 1. The predicted octanol–water partition coefficient (Wildman–Crippen LogP) is 2.77. The summed E-state index contributed by atoms with van der Waals surface area (Å²) in [6, 6.07) is 11.0. The fraction of sp³-hybridized carbons (Fsp3) is 0.167. The van der Waals surface area contributed by atoms with Gasteiger partial charge in [-0.3, -0.25) is 10.1 Å². The average molecular weight is 381 g/mol. The van der Waals surface area contributed by atoms with Crippen molar-refractivity contribution in [1.29, 1.82) is 0 Å². The molecule has 28 heavy (non-hydrogen) atoms. The molecule has 2 aromatic heterocycles. The van der Waals surface area contributed by atoms with Gasteiger partial charge >= 0.3 is 11.9 Å². The van der Waals surface area contributed by atoms with E-state index in [4.69, 9.17) is 9.15 Å². The number of ether oxygens (including phenoxy) is 1. The van der Waals surface area contributed by atoms with Gasteiger partial charge in [0.25, 0.3) is 0 Å². The molecule has 1 aliphatic heterocycles. The van der Waals surface area contributed by atoms with Crippen molar-refractivity contribution in [2.45, 2.75) is 13.0 Å². The average Bonchev–Trinajstić information content (AvgIpc) is 3.37. The third-order valence-corrected chi connectivity index (χ3v) is 4.22. The van der Waals surface area contributed by atoms with E-state index in [0.29, 0.717) is 11.6 Å². The molecule has 0 aliphatic carbocycles. The summed E-state index contributed by atoms with van der Waals surface area (Å²) in [6.45, 7) is 1.87. The summed E-state index contributed by atoms with van der Waals surface area (Å²) in [5.74, 6) is -0.467. The van der Waals surface area contributed by atoms with Gasteiger partial charge in [-0.2, -0.15) is 10.1 Å². The summed E-state index contributed by atoms with van der Waals surface area (Å²) in [5, 5.41) is 18.3. The molecule has 0 fully saturated rings. The van der Waals surface area contributed by atoms with Crippen molar-refractivity contribution in [2.24, 2.45) is 0 Å². The lowest BCUT2D eigenvalue weighted by Crippen LogP contribution is -2.29. The Labute approximate surface area is 158 Å². The van der Waals surface area contributed by atoms with Crippen molar-refractivity contribution >= 4 is 23.5 Å². The van der Waals surface area contributed by atoms with Crippen LogP contribution in [-0.4, -0.2) is 32.3 Å². The van der Waals surface area contributed by atoms with Crippen LogP contribution in [0.3, 0.4) is 0 Å². The van der Waals surface area contributed by atoms with E-state index in [1.807, 2.05) is 30.3 Å². The van der Waals surface area contributed by atoms with Gasteiger partial charge in [0.15, 0.2) is 0 Å². The van der Waals surface area contributed by atoms with Gasteiger partial charge in [0, 0.05) is 0 Å². The first-order chi connectivity index (χ1) is 13.6. The summed E-state index contributed by atoms with van der Waals surface area (Å²) in [4.78, 5) is 27.5. The number of esters is 1. The summed E-state index contributed by atoms with van der Waals surface area (Å²) >= 11 is 0. The van der Waals surface area contributed by atoms with E-state index >= 15 is 0 Å². The van der Waals surface area contributed by atoms with Crippen LogP contribution in [0.2, 0.25) is 0 Å². The van der Waals surface area contributed by atoms with Crippen LogP contribution in [0.4, 0.5) is 11.8 Å². The standard InChI is InChI=1S/C18H15N5O5/c1-2-27-17(24)14-15(11-6-4-3-5-7-11)21-18-19-10-20-22(18)16(14)12-8-9-13(28-12)23(25)26/h3-10,16H,2H2,1H3,(H,19,20,21)/t16-/m0/s1. The Bertz CT molecular complexity index is 1070. The largest absolute Gasteiger partial charge is 0.463 e. The number of hydrogen-bond acceptors (Lipinski definition) is 8. The second-order valence-corrected chi connectivity index (χ2v) is 5.86.